The van der Waals surface area contributed by atoms with Crippen LogP contribution in [-0.4, -0.2) is 14.3 Å². The number of carbonyl (C=O) groups excluding carboxylic acids is 1. The van der Waals surface area contributed by atoms with Crippen molar-refractivity contribution in [2.75, 3.05) is 0 Å². The van der Waals surface area contributed by atoms with Gasteiger partial charge >= 0.3 is 0 Å². The quantitative estimate of drug-likeness (QED) is 0.934. The number of hydrogen-bond donors (Lipinski definition) is 1. The third kappa shape index (κ3) is 3.17. The first-order valence-corrected chi connectivity index (χ1v) is 6.85. The first-order chi connectivity index (χ1) is 8.99. The summed E-state index contributed by atoms with van der Waals surface area (Å²) in [6.07, 6.45) is 0. The van der Waals surface area contributed by atoms with Crippen molar-refractivity contribution in [3.8, 4) is 0 Å². The maximum Gasteiger partial charge on any atom is 0.264 e. The number of halogens is 1. The highest BCUT2D eigenvalue weighted by molar-refractivity contribution is 7.90. The third-order valence-corrected chi connectivity index (χ3v) is 3.73. The van der Waals surface area contributed by atoms with Crippen LogP contribution in [0.25, 0.3) is 0 Å². The molecule has 0 heterocycles. The van der Waals surface area contributed by atoms with Gasteiger partial charge in [0.2, 0.25) is 0 Å². The Balaban J connectivity index is 2.23. The summed E-state index contributed by atoms with van der Waals surface area (Å²) in [7, 11) is -3.99. The molecule has 0 atom stereocenters. The Bertz CT molecular complexity index is 682. The van der Waals surface area contributed by atoms with E-state index in [2.05, 4.69) is 0 Å². The molecule has 2 rings (SSSR count). The van der Waals surface area contributed by atoms with Gasteiger partial charge in [-0.2, -0.15) is 0 Å². The largest absolute Gasteiger partial charge is 0.268 e. The molecular weight excluding hydrogens is 269 g/mol. The number of rotatable bonds is 3. The van der Waals surface area contributed by atoms with Gasteiger partial charge in [-0.3, -0.25) is 4.79 Å². The number of benzene rings is 2. The molecule has 2 aromatic carbocycles. The van der Waals surface area contributed by atoms with Crippen LogP contribution in [0.15, 0.2) is 59.5 Å². The van der Waals surface area contributed by atoms with Crippen LogP contribution in [0.3, 0.4) is 0 Å². The first kappa shape index (κ1) is 13.2. The Morgan fingerprint density at radius 1 is 0.947 bits per heavy atom. The van der Waals surface area contributed by atoms with Crippen LogP contribution in [0.4, 0.5) is 4.39 Å². The lowest BCUT2D eigenvalue weighted by Gasteiger charge is -2.06. The lowest BCUT2D eigenvalue weighted by atomic mass is 10.2. The van der Waals surface area contributed by atoms with E-state index < -0.39 is 21.7 Å². The molecule has 0 aliphatic heterocycles. The SMILES string of the molecule is O=C(NS(=O)(=O)c1ccc(F)cc1)c1ccccc1. The van der Waals surface area contributed by atoms with Crippen molar-refractivity contribution in [3.05, 3.63) is 66.0 Å². The van der Waals surface area contributed by atoms with Crippen LogP contribution in [0.2, 0.25) is 0 Å². The van der Waals surface area contributed by atoms with Crippen LogP contribution in [0.5, 0.6) is 0 Å². The predicted octanol–water partition coefficient (Wildman–Crippen LogP) is 1.94. The van der Waals surface area contributed by atoms with Gasteiger partial charge in [-0.25, -0.2) is 17.5 Å². The van der Waals surface area contributed by atoms with E-state index in [0.717, 1.165) is 24.3 Å². The van der Waals surface area contributed by atoms with E-state index in [1.54, 1.807) is 18.2 Å². The molecule has 1 amide bonds. The Hall–Kier alpha value is -2.21. The standard InChI is InChI=1S/C13H10FNO3S/c14-11-6-8-12(9-7-11)19(17,18)15-13(16)10-4-2-1-3-5-10/h1-9H,(H,15,16). The van der Waals surface area contributed by atoms with Crippen LogP contribution in [0, 0.1) is 5.82 Å². The van der Waals surface area contributed by atoms with Crippen molar-refractivity contribution in [2.24, 2.45) is 0 Å². The molecule has 98 valence electrons. The normalized spacial score (nSPS) is 11.0. The van der Waals surface area contributed by atoms with Gasteiger partial charge in [-0.05, 0) is 36.4 Å². The lowest BCUT2D eigenvalue weighted by molar-refractivity contribution is 0.0981. The molecule has 6 heteroatoms. The second kappa shape index (κ2) is 5.19. The second-order valence-corrected chi connectivity index (χ2v) is 5.44. The zero-order chi connectivity index (χ0) is 13.9. The van der Waals surface area contributed by atoms with Gasteiger partial charge in [0.05, 0.1) is 4.90 Å². The molecule has 0 aliphatic rings. The average Bonchev–Trinajstić information content (AvgIpc) is 2.40. The molecule has 0 bridgehead atoms. The van der Waals surface area contributed by atoms with E-state index in [1.807, 2.05) is 4.72 Å². The summed E-state index contributed by atoms with van der Waals surface area (Å²) in [6.45, 7) is 0. The van der Waals surface area contributed by atoms with Gasteiger partial charge in [0.25, 0.3) is 15.9 Å². The molecule has 4 nitrogen and oxygen atoms in total. The van der Waals surface area contributed by atoms with E-state index in [-0.39, 0.29) is 10.5 Å². The molecular formula is C13H10FNO3S. The fourth-order valence-corrected chi connectivity index (χ4v) is 2.42. The van der Waals surface area contributed by atoms with Gasteiger partial charge in [0, 0.05) is 5.56 Å². The van der Waals surface area contributed by atoms with Crippen molar-refractivity contribution in [1.29, 1.82) is 0 Å². The number of carbonyl (C=O) groups is 1. The molecule has 0 aromatic heterocycles. The molecule has 1 N–H and O–H groups in total. The highest BCUT2D eigenvalue weighted by Gasteiger charge is 2.18. The van der Waals surface area contributed by atoms with Crippen LogP contribution in [0.1, 0.15) is 10.4 Å². The first-order valence-electron chi connectivity index (χ1n) is 5.37. The maximum atomic E-state index is 12.7. The zero-order valence-electron chi connectivity index (χ0n) is 9.71. The minimum Gasteiger partial charge on any atom is -0.268 e. The van der Waals surface area contributed by atoms with Gasteiger partial charge < -0.3 is 0 Å². The molecule has 0 fully saturated rings. The van der Waals surface area contributed by atoms with Crippen LogP contribution < -0.4 is 4.72 Å². The summed E-state index contributed by atoms with van der Waals surface area (Å²) >= 11 is 0. The van der Waals surface area contributed by atoms with E-state index in [4.69, 9.17) is 0 Å². The highest BCUT2D eigenvalue weighted by atomic mass is 32.2. The third-order valence-electron chi connectivity index (χ3n) is 2.39. The van der Waals surface area contributed by atoms with Gasteiger partial charge in [0.1, 0.15) is 5.82 Å². The highest BCUT2D eigenvalue weighted by Crippen LogP contribution is 2.10. The van der Waals surface area contributed by atoms with Gasteiger partial charge in [-0.1, -0.05) is 18.2 Å². The molecule has 0 radical (unpaired) electrons. The fraction of sp³-hybridized carbons (Fsp3) is 0. The van der Waals surface area contributed by atoms with Gasteiger partial charge in [0.15, 0.2) is 0 Å². The Morgan fingerprint density at radius 3 is 2.11 bits per heavy atom. The monoisotopic (exact) mass is 279 g/mol. The fourth-order valence-electron chi connectivity index (χ4n) is 1.44. The topological polar surface area (TPSA) is 63.2 Å². The summed E-state index contributed by atoms with van der Waals surface area (Å²) < 4.78 is 38.4. The summed E-state index contributed by atoms with van der Waals surface area (Å²) in [5.41, 5.74) is 0.230. The van der Waals surface area contributed by atoms with Crippen LogP contribution in [-0.2, 0) is 10.0 Å². The second-order valence-electron chi connectivity index (χ2n) is 3.75. The van der Waals surface area contributed by atoms with Crippen molar-refractivity contribution in [3.63, 3.8) is 0 Å². The minimum atomic E-state index is -3.99. The zero-order valence-corrected chi connectivity index (χ0v) is 10.5. The summed E-state index contributed by atoms with van der Waals surface area (Å²) in [6, 6.07) is 12.2. The molecule has 19 heavy (non-hydrogen) atoms. The molecule has 2 aromatic rings. The lowest BCUT2D eigenvalue weighted by Crippen LogP contribution is -2.30. The number of amides is 1. The number of nitrogens with one attached hydrogen (secondary N) is 1. The van der Waals surface area contributed by atoms with Gasteiger partial charge in [-0.15, -0.1) is 0 Å². The summed E-state index contributed by atoms with van der Waals surface area (Å²) in [4.78, 5) is 11.6. The van der Waals surface area contributed by atoms with Crippen molar-refractivity contribution >= 4 is 15.9 Å². The molecule has 0 aliphatic carbocycles. The Morgan fingerprint density at radius 2 is 1.53 bits per heavy atom. The minimum absolute atomic E-state index is 0.168. The van der Waals surface area contributed by atoms with E-state index >= 15 is 0 Å². The molecule has 0 saturated carbocycles. The van der Waals surface area contributed by atoms with E-state index in [1.165, 1.54) is 12.1 Å². The molecule has 0 saturated heterocycles. The summed E-state index contributed by atoms with van der Waals surface area (Å²) in [5, 5.41) is 0. The molecule has 0 spiro atoms. The predicted molar refractivity (Wildman–Crippen MR) is 67.5 cm³/mol. The Kier molecular flexibility index (Phi) is 3.62. The summed E-state index contributed by atoms with van der Waals surface area (Å²) in [5.74, 6) is -1.28. The molecule has 0 unspecified atom stereocenters. The number of sulfonamides is 1. The van der Waals surface area contributed by atoms with Crippen molar-refractivity contribution in [2.45, 2.75) is 4.90 Å². The van der Waals surface area contributed by atoms with Crippen molar-refractivity contribution in [1.82, 2.24) is 4.72 Å². The Labute approximate surface area is 109 Å². The van der Waals surface area contributed by atoms with Crippen LogP contribution >= 0.6 is 0 Å². The van der Waals surface area contributed by atoms with E-state index in [9.17, 15) is 17.6 Å². The average molecular weight is 279 g/mol. The number of hydrogen-bond acceptors (Lipinski definition) is 3. The maximum absolute atomic E-state index is 12.7. The smallest absolute Gasteiger partial charge is 0.264 e. The van der Waals surface area contributed by atoms with E-state index in [0.29, 0.717) is 0 Å². The van der Waals surface area contributed by atoms with Crippen molar-refractivity contribution < 1.29 is 17.6 Å².